The lowest BCUT2D eigenvalue weighted by Crippen LogP contribution is -2.28. The predicted octanol–water partition coefficient (Wildman–Crippen LogP) is 3.27. The van der Waals surface area contributed by atoms with Crippen LogP contribution >= 0.6 is 12.4 Å². The van der Waals surface area contributed by atoms with Crippen LogP contribution in [0.15, 0.2) is 18.2 Å². The number of hydrogen-bond acceptors (Lipinski definition) is 2. The number of rotatable bonds is 4. The van der Waals surface area contributed by atoms with E-state index in [1.54, 1.807) is 19.1 Å². The molecule has 1 heterocycles. The summed E-state index contributed by atoms with van der Waals surface area (Å²) in [5.41, 5.74) is 1.08. The van der Waals surface area contributed by atoms with Gasteiger partial charge in [-0.15, -0.1) is 12.4 Å². The van der Waals surface area contributed by atoms with Crippen LogP contribution in [0.1, 0.15) is 31.2 Å². The van der Waals surface area contributed by atoms with E-state index in [-0.39, 0.29) is 24.1 Å². The summed E-state index contributed by atoms with van der Waals surface area (Å²) in [7, 11) is 0. The van der Waals surface area contributed by atoms with E-state index in [1.807, 2.05) is 0 Å². The van der Waals surface area contributed by atoms with Crippen molar-refractivity contribution in [3.63, 3.8) is 0 Å². The summed E-state index contributed by atoms with van der Waals surface area (Å²) < 4.78 is 13.6. The first-order valence-corrected chi connectivity index (χ1v) is 6.92. The molecule has 0 aromatic heterocycles. The molecule has 2 N–H and O–H groups in total. The van der Waals surface area contributed by atoms with Crippen LogP contribution in [0, 0.1) is 18.7 Å². The highest BCUT2D eigenvalue weighted by atomic mass is 35.5. The van der Waals surface area contributed by atoms with Crippen molar-refractivity contribution in [2.45, 2.75) is 32.6 Å². The Morgan fingerprint density at radius 3 is 2.75 bits per heavy atom. The fourth-order valence-electron chi connectivity index (χ4n) is 2.50. The average Bonchev–Trinajstić information content (AvgIpc) is 2.42. The molecule has 1 aliphatic heterocycles. The Balaban J connectivity index is 0.00000200. The normalized spacial score (nSPS) is 15.5. The monoisotopic (exact) mass is 300 g/mol. The number of aryl methyl sites for hydroxylation is 1. The molecule has 0 aliphatic carbocycles. The van der Waals surface area contributed by atoms with Gasteiger partial charge in [0.1, 0.15) is 5.82 Å². The Morgan fingerprint density at radius 2 is 2.10 bits per heavy atom. The lowest BCUT2D eigenvalue weighted by atomic mass is 9.93. The molecule has 1 aromatic carbocycles. The zero-order valence-electron chi connectivity index (χ0n) is 11.7. The predicted molar refractivity (Wildman–Crippen MR) is 81.8 cm³/mol. The molecule has 5 heteroatoms. The third-order valence-electron chi connectivity index (χ3n) is 3.72. The minimum atomic E-state index is -0.366. The van der Waals surface area contributed by atoms with E-state index >= 15 is 0 Å². The second-order valence-electron chi connectivity index (χ2n) is 5.21. The Hall–Kier alpha value is -1.13. The van der Waals surface area contributed by atoms with Crippen LogP contribution in [-0.4, -0.2) is 19.0 Å². The van der Waals surface area contributed by atoms with Crippen LogP contribution < -0.4 is 10.6 Å². The van der Waals surface area contributed by atoms with Crippen molar-refractivity contribution in [2.75, 3.05) is 18.4 Å². The Morgan fingerprint density at radius 1 is 1.40 bits per heavy atom. The van der Waals surface area contributed by atoms with Crippen LogP contribution in [0.2, 0.25) is 0 Å². The Labute approximate surface area is 125 Å². The lowest BCUT2D eigenvalue weighted by Gasteiger charge is -2.22. The first-order valence-electron chi connectivity index (χ1n) is 6.92. The second kappa shape index (κ2) is 8.22. The number of amides is 1. The standard InChI is InChI=1S/C15H21FN2O.ClH/c1-11-3-2-4-13(16)15(11)18-14(19)6-5-12-7-9-17-10-8-12;/h2-4,12,17H,5-10H2,1H3,(H,18,19);1H. The van der Waals surface area contributed by atoms with Crippen molar-refractivity contribution >= 4 is 24.0 Å². The van der Waals surface area contributed by atoms with Gasteiger partial charge in [0.15, 0.2) is 0 Å². The highest BCUT2D eigenvalue weighted by Crippen LogP contribution is 2.21. The van der Waals surface area contributed by atoms with Gasteiger partial charge in [-0.25, -0.2) is 4.39 Å². The van der Waals surface area contributed by atoms with E-state index in [0.29, 0.717) is 18.0 Å². The maximum Gasteiger partial charge on any atom is 0.224 e. The van der Waals surface area contributed by atoms with E-state index in [2.05, 4.69) is 10.6 Å². The van der Waals surface area contributed by atoms with Crippen molar-refractivity contribution in [3.8, 4) is 0 Å². The third kappa shape index (κ3) is 4.76. The van der Waals surface area contributed by atoms with Crippen LogP contribution in [0.5, 0.6) is 0 Å². The summed E-state index contributed by atoms with van der Waals surface area (Å²) in [4.78, 5) is 11.9. The average molecular weight is 301 g/mol. The van der Waals surface area contributed by atoms with Crippen LogP contribution in [-0.2, 0) is 4.79 Å². The Kier molecular flexibility index (Phi) is 6.96. The molecule has 2 rings (SSSR count). The van der Waals surface area contributed by atoms with Gasteiger partial charge in [0.25, 0.3) is 0 Å². The highest BCUT2D eigenvalue weighted by molar-refractivity contribution is 5.91. The molecule has 0 spiro atoms. The van der Waals surface area contributed by atoms with Crippen molar-refractivity contribution in [1.82, 2.24) is 5.32 Å². The van der Waals surface area contributed by atoms with Gasteiger partial charge < -0.3 is 10.6 Å². The highest BCUT2D eigenvalue weighted by Gasteiger charge is 2.15. The third-order valence-corrected chi connectivity index (χ3v) is 3.72. The van der Waals surface area contributed by atoms with Crippen molar-refractivity contribution in [1.29, 1.82) is 0 Å². The summed E-state index contributed by atoms with van der Waals surface area (Å²) >= 11 is 0. The summed E-state index contributed by atoms with van der Waals surface area (Å²) in [5, 5.41) is 6.00. The van der Waals surface area contributed by atoms with Gasteiger partial charge in [0, 0.05) is 6.42 Å². The fourth-order valence-corrected chi connectivity index (χ4v) is 2.50. The molecule has 0 saturated carbocycles. The SMILES string of the molecule is Cc1cccc(F)c1NC(=O)CCC1CCNCC1.Cl. The van der Waals surface area contributed by atoms with Crippen LogP contribution in [0.25, 0.3) is 0 Å². The number of carbonyl (C=O) groups is 1. The smallest absolute Gasteiger partial charge is 0.224 e. The topological polar surface area (TPSA) is 41.1 Å². The number of anilines is 1. The van der Waals surface area contributed by atoms with E-state index in [4.69, 9.17) is 0 Å². The van der Waals surface area contributed by atoms with E-state index < -0.39 is 0 Å². The molecule has 1 aromatic rings. The molecular weight excluding hydrogens is 279 g/mol. The number of piperidine rings is 1. The van der Waals surface area contributed by atoms with Gasteiger partial charge in [0.2, 0.25) is 5.91 Å². The van der Waals surface area contributed by atoms with Crippen molar-refractivity contribution in [2.24, 2.45) is 5.92 Å². The molecule has 1 fully saturated rings. The first kappa shape index (κ1) is 16.9. The molecular formula is C15H22ClFN2O. The molecule has 0 radical (unpaired) electrons. The van der Waals surface area contributed by atoms with E-state index in [0.717, 1.165) is 37.9 Å². The summed E-state index contributed by atoms with van der Waals surface area (Å²) in [6.07, 6.45) is 3.62. The number of para-hydroxylation sites is 1. The van der Waals surface area contributed by atoms with Gasteiger partial charge >= 0.3 is 0 Å². The number of nitrogens with one attached hydrogen (secondary N) is 2. The quantitative estimate of drug-likeness (QED) is 0.896. The van der Waals surface area contributed by atoms with Crippen LogP contribution in [0.3, 0.4) is 0 Å². The molecule has 20 heavy (non-hydrogen) atoms. The number of carbonyl (C=O) groups excluding carboxylic acids is 1. The summed E-state index contributed by atoms with van der Waals surface area (Å²) in [5.74, 6) is 0.163. The van der Waals surface area contributed by atoms with E-state index in [1.165, 1.54) is 6.07 Å². The molecule has 1 aliphatic rings. The fraction of sp³-hybridized carbons (Fsp3) is 0.533. The molecule has 112 valence electrons. The molecule has 1 amide bonds. The summed E-state index contributed by atoms with van der Waals surface area (Å²) in [6.45, 7) is 3.88. The zero-order chi connectivity index (χ0) is 13.7. The number of halogens is 2. The maximum atomic E-state index is 13.6. The van der Waals surface area contributed by atoms with Gasteiger partial charge in [0.05, 0.1) is 5.69 Å². The van der Waals surface area contributed by atoms with Gasteiger partial charge in [-0.05, 0) is 56.8 Å². The summed E-state index contributed by atoms with van der Waals surface area (Å²) in [6, 6.07) is 4.82. The van der Waals surface area contributed by atoms with Gasteiger partial charge in [-0.3, -0.25) is 4.79 Å². The van der Waals surface area contributed by atoms with Crippen molar-refractivity contribution in [3.05, 3.63) is 29.6 Å². The Bertz CT molecular complexity index is 427. The second-order valence-corrected chi connectivity index (χ2v) is 5.21. The molecule has 1 saturated heterocycles. The van der Waals surface area contributed by atoms with Gasteiger partial charge in [-0.2, -0.15) is 0 Å². The number of hydrogen-bond donors (Lipinski definition) is 2. The van der Waals surface area contributed by atoms with E-state index in [9.17, 15) is 9.18 Å². The van der Waals surface area contributed by atoms with Gasteiger partial charge in [-0.1, -0.05) is 12.1 Å². The zero-order valence-corrected chi connectivity index (χ0v) is 12.6. The minimum Gasteiger partial charge on any atom is -0.323 e. The van der Waals surface area contributed by atoms with Crippen molar-refractivity contribution < 1.29 is 9.18 Å². The largest absolute Gasteiger partial charge is 0.323 e. The maximum absolute atomic E-state index is 13.6. The van der Waals surface area contributed by atoms with Crippen LogP contribution in [0.4, 0.5) is 10.1 Å². The molecule has 0 bridgehead atoms. The molecule has 3 nitrogen and oxygen atoms in total. The molecule has 0 unspecified atom stereocenters. The first-order chi connectivity index (χ1) is 9.16. The molecule has 0 atom stereocenters. The minimum absolute atomic E-state index is 0. The lowest BCUT2D eigenvalue weighted by molar-refractivity contribution is -0.116. The number of benzene rings is 1.